The fourth-order valence-corrected chi connectivity index (χ4v) is 4.00. The van der Waals surface area contributed by atoms with Crippen LogP contribution >= 0.6 is 0 Å². The van der Waals surface area contributed by atoms with Gasteiger partial charge in [-0.25, -0.2) is 4.39 Å². The van der Waals surface area contributed by atoms with Crippen LogP contribution in [0.4, 0.5) is 10.2 Å². The number of benzene rings is 1. The number of likely N-dealkylation sites (N-methyl/N-ethyl adjacent to an activating group) is 1. The van der Waals surface area contributed by atoms with Gasteiger partial charge in [0.2, 0.25) is 0 Å². The molecular formula is C23H27FN4O. The number of anilines is 1. The van der Waals surface area contributed by atoms with Crippen molar-refractivity contribution in [3.05, 3.63) is 71.7 Å². The normalized spacial score (nSPS) is 16.7. The molecule has 1 aliphatic heterocycles. The summed E-state index contributed by atoms with van der Waals surface area (Å²) < 4.78 is 15.2. The monoisotopic (exact) mass is 394 g/mol. The van der Waals surface area contributed by atoms with E-state index in [0.29, 0.717) is 18.2 Å². The summed E-state index contributed by atoms with van der Waals surface area (Å²) in [5, 5.41) is 0. The van der Waals surface area contributed by atoms with Gasteiger partial charge in [-0.2, -0.15) is 0 Å². The first-order chi connectivity index (χ1) is 13.9. The van der Waals surface area contributed by atoms with Crippen LogP contribution in [0.1, 0.15) is 22.3 Å². The van der Waals surface area contributed by atoms with Crippen molar-refractivity contribution in [3.8, 4) is 0 Å². The molecule has 2 aromatic heterocycles. The number of rotatable bonds is 5. The smallest absolute Gasteiger partial charge is 0.255 e. The van der Waals surface area contributed by atoms with E-state index in [4.69, 9.17) is 0 Å². The van der Waals surface area contributed by atoms with Crippen LogP contribution in [0.25, 0.3) is 5.52 Å². The molecule has 4 rings (SSSR count). The number of fused-ring (bicyclic) bond motifs is 1. The molecule has 1 saturated heterocycles. The Morgan fingerprint density at radius 1 is 1.07 bits per heavy atom. The van der Waals surface area contributed by atoms with Gasteiger partial charge in [-0.15, -0.1) is 0 Å². The van der Waals surface area contributed by atoms with E-state index >= 15 is 0 Å². The van der Waals surface area contributed by atoms with E-state index in [2.05, 4.69) is 28.3 Å². The lowest BCUT2D eigenvalue weighted by Gasteiger charge is -2.21. The number of amides is 1. The number of pyridine rings is 1. The number of nitrogens with zero attached hydrogens (tertiary/aromatic N) is 4. The molecule has 1 fully saturated rings. The average molecular weight is 394 g/mol. The first kappa shape index (κ1) is 19.5. The second-order valence-corrected chi connectivity index (χ2v) is 8.04. The molecule has 0 radical (unpaired) electrons. The van der Waals surface area contributed by atoms with Crippen LogP contribution in [0, 0.1) is 5.82 Å². The van der Waals surface area contributed by atoms with E-state index in [-0.39, 0.29) is 11.7 Å². The Balaban J connectivity index is 1.56. The number of aromatic nitrogens is 1. The van der Waals surface area contributed by atoms with Crippen LogP contribution in [0.3, 0.4) is 0 Å². The minimum Gasteiger partial charge on any atom is -0.356 e. The van der Waals surface area contributed by atoms with Crippen molar-refractivity contribution < 1.29 is 9.18 Å². The van der Waals surface area contributed by atoms with Crippen LogP contribution in [0.15, 0.2) is 54.7 Å². The molecular weight excluding hydrogens is 367 g/mol. The molecule has 1 atom stereocenters. The van der Waals surface area contributed by atoms with E-state index in [1.807, 2.05) is 42.4 Å². The topological polar surface area (TPSA) is 31.2 Å². The second kappa shape index (κ2) is 7.87. The molecule has 0 aliphatic carbocycles. The molecule has 0 bridgehead atoms. The van der Waals surface area contributed by atoms with E-state index in [0.717, 1.165) is 36.4 Å². The van der Waals surface area contributed by atoms with Crippen molar-refractivity contribution in [2.75, 3.05) is 39.1 Å². The maximum atomic E-state index is 13.2. The number of hydrogen-bond acceptors (Lipinski definition) is 3. The van der Waals surface area contributed by atoms with Crippen molar-refractivity contribution in [2.24, 2.45) is 0 Å². The van der Waals surface area contributed by atoms with Gasteiger partial charge in [-0.05, 0) is 62.5 Å². The van der Waals surface area contributed by atoms with Crippen molar-refractivity contribution in [1.29, 1.82) is 0 Å². The van der Waals surface area contributed by atoms with Gasteiger partial charge in [0, 0.05) is 44.4 Å². The van der Waals surface area contributed by atoms with Crippen molar-refractivity contribution in [3.63, 3.8) is 0 Å². The summed E-state index contributed by atoms with van der Waals surface area (Å²) in [6, 6.07) is 15.0. The molecule has 3 aromatic rings. The number of hydrogen-bond donors (Lipinski definition) is 0. The van der Waals surface area contributed by atoms with E-state index in [1.54, 1.807) is 12.1 Å². The van der Waals surface area contributed by atoms with Gasteiger partial charge in [0.1, 0.15) is 11.6 Å². The molecule has 0 unspecified atom stereocenters. The molecule has 0 N–H and O–H groups in total. The summed E-state index contributed by atoms with van der Waals surface area (Å²) >= 11 is 0. The summed E-state index contributed by atoms with van der Waals surface area (Å²) in [6.45, 7) is 2.22. The maximum Gasteiger partial charge on any atom is 0.255 e. The van der Waals surface area contributed by atoms with Crippen molar-refractivity contribution >= 4 is 17.2 Å². The van der Waals surface area contributed by atoms with Crippen molar-refractivity contribution in [2.45, 2.75) is 19.0 Å². The third kappa shape index (κ3) is 3.98. The molecule has 3 heterocycles. The SMILES string of the molecule is CN(Cc1ccc(F)cc1)c1ccc2ccc(C(=O)N3CC[C@H](N(C)C)C3)cn12. The average Bonchev–Trinajstić information content (AvgIpc) is 3.36. The van der Waals surface area contributed by atoms with Crippen LogP contribution in [-0.4, -0.2) is 60.4 Å². The van der Waals surface area contributed by atoms with Gasteiger partial charge >= 0.3 is 0 Å². The fourth-order valence-electron chi connectivity index (χ4n) is 4.00. The Hall–Kier alpha value is -2.86. The maximum absolute atomic E-state index is 13.2. The van der Waals surface area contributed by atoms with E-state index < -0.39 is 0 Å². The highest BCUT2D eigenvalue weighted by Gasteiger charge is 2.28. The Labute approximate surface area is 170 Å². The lowest BCUT2D eigenvalue weighted by Crippen LogP contribution is -2.34. The molecule has 0 saturated carbocycles. The largest absolute Gasteiger partial charge is 0.356 e. The van der Waals surface area contributed by atoms with Gasteiger partial charge in [-0.1, -0.05) is 12.1 Å². The third-order valence-corrected chi connectivity index (χ3v) is 5.78. The fraction of sp³-hybridized carbons (Fsp3) is 0.348. The molecule has 152 valence electrons. The van der Waals surface area contributed by atoms with E-state index in [1.165, 1.54) is 12.1 Å². The molecule has 6 heteroatoms. The van der Waals surface area contributed by atoms with Crippen LogP contribution in [0.5, 0.6) is 0 Å². The Morgan fingerprint density at radius 3 is 2.48 bits per heavy atom. The van der Waals surface area contributed by atoms with Crippen LogP contribution in [0.2, 0.25) is 0 Å². The zero-order chi connectivity index (χ0) is 20.5. The van der Waals surface area contributed by atoms with Gasteiger partial charge in [0.25, 0.3) is 5.91 Å². The third-order valence-electron chi connectivity index (χ3n) is 5.78. The Bertz CT molecular complexity index is 1010. The van der Waals surface area contributed by atoms with Crippen LogP contribution < -0.4 is 4.90 Å². The summed E-state index contributed by atoms with van der Waals surface area (Å²) in [7, 11) is 6.13. The lowest BCUT2D eigenvalue weighted by molar-refractivity contribution is 0.0782. The summed E-state index contributed by atoms with van der Waals surface area (Å²) in [4.78, 5) is 19.3. The zero-order valence-corrected chi connectivity index (χ0v) is 17.2. The highest BCUT2D eigenvalue weighted by atomic mass is 19.1. The first-order valence-electron chi connectivity index (χ1n) is 9.95. The highest BCUT2D eigenvalue weighted by molar-refractivity contribution is 5.94. The lowest BCUT2D eigenvalue weighted by atomic mass is 10.2. The molecule has 5 nitrogen and oxygen atoms in total. The van der Waals surface area contributed by atoms with Gasteiger partial charge < -0.3 is 19.1 Å². The number of carbonyl (C=O) groups excluding carboxylic acids is 1. The Kier molecular flexibility index (Phi) is 5.28. The molecule has 29 heavy (non-hydrogen) atoms. The second-order valence-electron chi connectivity index (χ2n) is 8.04. The van der Waals surface area contributed by atoms with Gasteiger partial charge in [0.05, 0.1) is 5.56 Å². The van der Waals surface area contributed by atoms with Crippen LogP contribution in [-0.2, 0) is 6.54 Å². The minimum atomic E-state index is -0.230. The zero-order valence-electron chi connectivity index (χ0n) is 17.2. The summed E-state index contributed by atoms with van der Waals surface area (Å²) in [5.74, 6) is 0.842. The quantitative estimate of drug-likeness (QED) is 0.664. The predicted octanol–water partition coefficient (Wildman–Crippen LogP) is 3.49. The molecule has 1 aromatic carbocycles. The molecule has 0 spiro atoms. The number of likely N-dealkylation sites (tertiary alicyclic amines) is 1. The predicted molar refractivity (Wildman–Crippen MR) is 114 cm³/mol. The molecule has 1 amide bonds. The Morgan fingerprint density at radius 2 is 1.79 bits per heavy atom. The molecule has 1 aliphatic rings. The summed E-state index contributed by atoms with van der Waals surface area (Å²) in [5.41, 5.74) is 2.77. The minimum absolute atomic E-state index is 0.0806. The van der Waals surface area contributed by atoms with Crippen molar-refractivity contribution in [1.82, 2.24) is 14.2 Å². The van der Waals surface area contributed by atoms with Gasteiger partial charge in [-0.3, -0.25) is 4.79 Å². The first-order valence-corrected chi connectivity index (χ1v) is 9.95. The highest BCUT2D eigenvalue weighted by Crippen LogP contribution is 2.23. The number of halogens is 1. The summed E-state index contributed by atoms with van der Waals surface area (Å²) in [6.07, 6.45) is 2.94. The van der Waals surface area contributed by atoms with E-state index in [9.17, 15) is 9.18 Å². The van der Waals surface area contributed by atoms with Gasteiger partial charge in [0.15, 0.2) is 0 Å². The number of carbonyl (C=O) groups is 1. The standard InChI is InChI=1S/C23H27FN4O/c1-25(2)21-12-13-27(16-21)23(29)18-6-9-20-10-11-22(28(20)15-18)26(3)14-17-4-7-19(24)8-5-17/h4-11,15,21H,12-14,16H2,1-3H3/t21-/m0/s1.